The number of hydrogen-bond donors (Lipinski definition) is 2. The van der Waals surface area contributed by atoms with Crippen molar-refractivity contribution < 1.29 is 0 Å². The third-order valence-electron chi connectivity index (χ3n) is 3.19. The number of rotatable bonds is 7. The monoisotopic (exact) mass is 419 g/mol. The van der Waals surface area contributed by atoms with Gasteiger partial charge in [-0.25, -0.2) is 0 Å². The van der Waals surface area contributed by atoms with Crippen molar-refractivity contribution in [2.24, 2.45) is 10.9 Å². The van der Waals surface area contributed by atoms with E-state index in [1.807, 2.05) is 11.8 Å². The molecule has 0 bridgehead atoms. The molecule has 21 heavy (non-hydrogen) atoms. The van der Waals surface area contributed by atoms with Crippen molar-refractivity contribution in [2.45, 2.75) is 36.8 Å². The van der Waals surface area contributed by atoms with E-state index in [1.54, 1.807) is 0 Å². The van der Waals surface area contributed by atoms with E-state index >= 15 is 0 Å². The van der Waals surface area contributed by atoms with Crippen molar-refractivity contribution in [3.63, 3.8) is 0 Å². The molecule has 1 atom stereocenters. The Labute approximate surface area is 149 Å². The highest BCUT2D eigenvalue weighted by atomic mass is 127. The van der Waals surface area contributed by atoms with Crippen LogP contribution in [0.1, 0.15) is 26.7 Å². The number of thioether (sulfide) groups is 1. The predicted octanol–water partition coefficient (Wildman–Crippen LogP) is 3.75. The number of halogens is 1. The van der Waals surface area contributed by atoms with E-state index in [9.17, 15) is 0 Å². The topological polar surface area (TPSA) is 36.4 Å². The van der Waals surface area contributed by atoms with Gasteiger partial charge >= 0.3 is 0 Å². The number of benzene rings is 1. The number of nitrogens with zero attached hydrogens (tertiary/aromatic N) is 1. The van der Waals surface area contributed by atoms with Gasteiger partial charge in [-0.1, -0.05) is 25.1 Å². The molecule has 1 unspecified atom stereocenters. The van der Waals surface area contributed by atoms with Gasteiger partial charge in [-0.3, -0.25) is 4.99 Å². The molecule has 1 fully saturated rings. The van der Waals surface area contributed by atoms with E-state index in [1.165, 1.54) is 17.7 Å². The number of aliphatic imine (C=N–C) groups is 1. The van der Waals surface area contributed by atoms with Crippen LogP contribution in [0.15, 0.2) is 40.2 Å². The van der Waals surface area contributed by atoms with Crippen LogP contribution in [-0.2, 0) is 0 Å². The van der Waals surface area contributed by atoms with Crippen LogP contribution in [0.2, 0.25) is 0 Å². The van der Waals surface area contributed by atoms with Gasteiger partial charge < -0.3 is 10.6 Å². The second kappa shape index (κ2) is 10.3. The fraction of sp³-hybridized carbons (Fsp3) is 0.562. The zero-order valence-electron chi connectivity index (χ0n) is 12.8. The van der Waals surface area contributed by atoms with Crippen LogP contribution in [0.4, 0.5) is 0 Å². The molecule has 0 aromatic heterocycles. The van der Waals surface area contributed by atoms with E-state index in [-0.39, 0.29) is 24.0 Å². The molecule has 0 saturated heterocycles. The van der Waals surface area contributed by atoms with Crippen molar-refractivity contribution in [3.8, 4) is 0 Å². The van der Waals surface area contributed by atoms with Gasteiger partial charge in [0.1, 0.15) is 0 Å². The molecule has 118 valence electrons. The number of hydrogen-bond acceptors (Lipinski definition) is 2. The van der Waals surface area contributed by atoms with Crippen LogP contribution in [0.5, 0.6) is 0 Å². The smallest absolute Gasteiger partial charge is 0.191 e. The first kappa shape index (κ1) is 18.6. The Morgan fingerprint density at radius 3 is 2.62 bits per heavy atom. The summed E-state index contributed by atoms with van der Waals surface area (Å²) in [4.78, 5) is 5.99. The van der Waals surface area contributed by atoms with Gasteiger partial charge in [0, 0.05) is 23.2 Å². The van der Waals surface area contributed by atoms with Crippen LogP contribution < -0.4 is 10.6 Å². The molecule has 0 spiro atoms. The maximum absolute atomic E-state index is 4.68. The molecule has 1 aliphatic rings. The average Bonchev–Trinajstić information content (AvgIpc) is 3.27. The lowest BCUT2D eigenvalue weighted by molar-refractivity contribution is 0.738. The average molecular weight is 419 g/mol. The molecule has 1 aromatic rings. The zero-order chi connectivity index (χ0) is 14.2. The summed E-state index contributed by atoms with van der Waals surface area (Å²) < 4.78 is 0. The molecule has 0 heterocycles. The van der Waals surface area contributed by atoms with Gasteiger partial charge in [0.2, 0.25) is 0 Å². The van der Waals surface area contributed by atoms with E-state index in [0.29, 0.717) is 5.25 Å². The number of guanidine groups is 1. The van der Waals surface area contributed by atoms with E-state index in [0.717, 1.165) is 31.5 Å². The predicted molar refractivity (Wildman–Crippen MR) is 104 cm³/mol. The molecule has 0 radical (unpaired) electrons. The summed E-state index contributed by atoms with van der Waals surface area (Å²) in [6.07, 6.45) is 2.74. The van der Waals surface area contributed by atoms with E-state index in [2.05, 4.69) is 59.8 Å². The summed E-state index contributed by atoms with van der Waals surface area (Å²) in [5.74, 6) is 1.83. The highest BCUT2D eigenvalue weighted by Crippen LogP contribution is 2.27. The Morgan fingerprint density at radius 2 is 2.00 bits per heavy atom. The van der Waals surface area contributed by atoms with Crippen LogP contribution in [-0.4, -0.2) is 30.8 Å². The molecule has 1 saturated carbocycles. The van der Waals surface area contributed by atoms with E-state index in [4.69, 9.17) is 0 Å². The molecule has 3 nitrogen and oxygen atoms in total. The lowest BCUT2D eigenvalue weighted by Crippen LogP contribution is -2.38. The maximum atomic E-state index is 4.68. The minimum atomic E-state index is 0. The minimum absolute atomic E-state index is 0. The van der Waals surface area contributed by atoms with Crippen molar-refractivity contribution in [2.75, 3.05) is 19.6 Å². The second-order valence-corrected chi connectivity index (χ2v) is 6.80. The van der Waals surface area contributed by atoms with Crippen LogP contribution in [0.3, 0.4) is 0 Å². The second-order valence-electron chi connectivity index (χ2n) is 5.29. The van der Waals surface area contributed by atoms with Gasteiger partial charge in [0.05, 0.1) is 6.54 Å². The molecule has 1 aromatic carbocycles. The van der Waals surface area contributed by atoms with E-state index < -0.39 is 0 Å². The zero-order valence-corrected chi connectivity index (χ0v) is 16.0. The van der Waals surface area contributed by atoms with Gasteiger partial charge in [0.25, 0.3) is 0 Å². The molecule has 1 aliphatic carbocycles. The van der Waals surface area contributed by atoms with Crippen LogP contribution >= 0.6 is 35.7 Å². The van der Waals surface area contributed by atoms with Crippen molar-refractivity contribution in [1.82, 2.24) is 10.6 Å². The standard InChI is InChI=1S/C16H25N3S.HI/c1-3-17-16(19-12-14-9-10-14)18-11-13(2)20-15-7-5-4-6-8-15;/h4-8,13-14H,3,9-12H2,1-2H3,(H2,17,18,19);1H. The lowest BCUT2D eigenvalue weighted by atomic mass is 10.4. The highest BCUT2D eigenvalue weighted by Gasteiger charge is 2.21. The molecular weight excluding hydrogens is 393 g/mol. The molecule has 0 amide bonds. The van der Waals surface area contributed by atoms with Gasteiger partial charge in [-0.05, 0) is 37.8 Å². The first-order valence-corrected chi connectivity index (χ1v) is 8.39. The molecule has 5 heteroatoms. The summed E-state index contributed by atoms with van der Waals surface area (Å²) in [5, 5.41) is 7.23. The lowest BCUT2D eigenvalue weighted by Gasteiger charge is -2.13. The maximum Gasteiger partial charge on any atom is 0.191 e. The Morgan fingerprint density at radius 1 is 1.29 bits per heavy atom. The molecular formula is C16H26IN3S. The SMILES string of the molecule is CCNC(=NCC(C)Sc1ccccc1)NCC1CC1.I. The third kappa shape index (κ3) is 7.95. The van der Waals surface area contributed by atoms with Crippen LogP contribution in [0, 0.1) is 5.92 Å². The highest BCUT2D eigenvalue weighted by molar-refractivity contribution is 14.0. The minimum Gasteiger partial charge on any atom is -0.357 e. The molecule has 2 rings (SSSR count). The fourth-order valence-corrected chi connectivity index (χ4v) is 2.82. The normalized spacial score (nSPS) is 16.0. The van der Waals surface area contributed by atoms with Crippen molar-refractivity contribution >= 4 is 41.7 Å². The first-order valence-electron chi connectivity index (χ1n) is 7.51. The largest absolute Gasteiger partial charge is 0.357 e. The summed E-state index contributed by atoms with van der Waals surface area (Å²) in [5.41, 5.74) is 0. The van der Waals surface area contributed by atoms with Gasteiger partial charge in [-0.15, -0.1) is 35.7 Å². The van der Waals surface area contributed by atoms with Gasteiger partial charge in [0.15, 0.2) is 5.96 Å². The Hall–Kier alpha value is -0.430. The summed E-state index contributed by atoms with van der Waals surface area (Å²) in [6, 6.07) is 10.5. The Kier molecular flexibility index (Phi) is 9.15. The quantitative estimate of drug-likeness (QED) is 0.306. The van der Waals surface area contributed by atoms with Crippen molar-refractivity contribution in [3.05, 3.63) is 30.3 Å². The molecule has 0 aliphatic heterocycles. The van der Waals surface area contributed by atoms with Gasteiger partial charge in [-0.2, -0.15) is 0 Å². The van der Waals surface area contributed by atoms with Crippen molar-refractivity contribution in [1.29, 1.82) is 0 Å². The third-order valence-corrected chi connectivity index (χ3v) is 4.28. The summed E-state index contributed by atoms with van der Waals surface area (Å²) in [6.45, 7) is 7.14. The Bertz CT molecular complexity index is 421. The fourth-order valence-electron chi connectivity index (χ4n) is 1.89. The summed E-state index contributed by atoms with van der Waals surface area (Å²) in [7, 11) is 0. The first-order chi connectivity index (χ1) is 9.78. The number of nitrogens with one attached hydrogen (secondary N) is 2. The van der Waals surface area contributed by atoms with Crippen LogP contribution in [0.25, 0.3) is 0 Å². The summed E-state index contributed by atoms with van der Waals surface area (Å²) >= 11 is 1.88. The molecule has 2 N–H and O–H groups in total. The Balaban J connectivity index is 0.00000220.